The number of rotatable bonds is 5. The normalized spacial score (nSPS) is 14.4. The average Bonchev–Trinajstić information content (AvgIpc) is 2.92. The fourth-order valence-electron chi connectivity index (χ4n) is 3.06. The summed E-state index contributed by atoms with van der Waals surface area (Å²) in [7, 11) is 1.66. The number of ether oxygens (including phenoxy) is 1. The SMILES string of the molecule is CCN(CC)c1ccc(C=C2C(=O)Nc3ccc(Br)cc32)c(OC)c1. The maximum atomic E-state index is 12.4. The molecule has 2 aromatic rings. The predicted octanol–water partition coefficient (Wildman–Crippen LogP) is 4.80. The molecule has 0 atom stereocenters. The number of halogens is 1. The van der Waals surface area contributed by atoms with Gasteiger partial charge in [-0.25, -0.2) is 0 Å². The number of hydrogen-bond acceptors (Lipinski definition) is 3. The van der Waals surface area contributed by atoms with Crippen LogP contribution in [-0.4, -0.2) is 26.1 Å². The van der Waals surface area contributed by atoms with Crippen molar-refractivity contribution >= 4 is 44.9 Å². The zero-order chi connectivity index (χ0) is 18.0. The van der Waals surface area contributed by atoms with Gasteiger partial charge in [-0.2, -0.15) is 0 Å². The minimum absolute atomic E-state index is 0.0945. The van der Waals surface area contributed by atoms with Crippen molar-refractivity contribution in [1.82, 2.24) is 0 Å². The van der Waals surface area contributed by atoms with Crippen molar-refractivity contribution in [2.45, 2.75) is 13.8 Å². The predicted molar refractivity (Wildman–Crippen MR) is 107 cm³/mol. The molecule has 0 bridgehead atoms. The van der Waals surface area contributed by atoms with Crippen molar-refractivity contribution in [1.29, 1.82) is 0 Å². The maximum Gasteiger partial charge on any atom is 0.256 e. The molecule has 0 radical (unpaired) electrons. The van der Waals surface area contributed by atoms with E-state index in [1.165, 1.54) is 0 Å². The molecule has 4 nitrogen and oxygen atoms in total. The van der Waals surface area contributed by atoms with Crippen LogP contribution in [-0.2, 0) is 4.79 Å². The second-order valence-corrected chi connectivity index (χ2v) is 6.72. The largest absolute Gasteiger partial charge is 0.496 e. The molecule has 0 fully saturated rings. The standard InChI is InChI=1S/C20H21BrN2O2/c1-4-23(5-2)15-8-6-13(19(12-15)25-3)10-17-16-11-14(21)7-9-18(16)22-20(17)24/h6-12H,4-5H2,1-3H3,(H,22,24). The first-order valence-electron chi connectivity index (χ1n) is 8.33. The zero-order valence-corrected chi connectivity index (χ0v) is 16.2. The van der Waals surface area contributed by atoms with E-state index in [0.717, 1.165) is 45.8 Å². The van der Waals surface area contributed by atoms with E-state index in [1.54, 1.807) is 7.11 Å². The number of nitrogens with zero attached hydrogens (tertiary/aromatic N) is 1. The van der Waals surface area contributed by atoms with E-state index in [0.29, 0.717) is 5.57 Å². The van der Waals surface area contributed by atoms with Crippen molar-refractivity contribution < 1.29 is 9.53 Å². The first-order chi connectivity index (χ1) is 12.1. The summed E-state index contributed by atoms with van der Waals surface area (Å²) < 4.78 is 6.51. The molecule has 1 aliphatic heterocycles. The second kappa shape index (κ2) is 7.31. The van der Waals surface area contributed by atoms with Crippen LogP contribution in [0.4, 0.5) is 11.4 Å². The Morgan fingerprint density at radius 1 is 1.16 bits per heavy atom. The molecule has 3 rings (SSSR count). The molecular weight excluding hydrogens is 380 g/mol. The molecule has 5 heteroatoms. The van der Waals surface area contributed by atoms with Crippen LogP contribution in [0.15, 0.2) is 40.9 Å². The lowest BCUT2D eigenvalue weighted by Gasteiger charge is -2.22. The van der Waals surface area contributed by atoms with Gasteiger partial charge in [0.2, 0.25) is 0 Å². The van der Waals surface area contributed by atoms with Crippen LogP contribution in [0, 0.1) is 0 Å². The summed E-state index contributed by atoms with van der Waals surface area (Å²) in [6, 6.07) is 11.9. The molecule has 25 heavy (non-hydrogen) atoms. The van der Waals surface area contributed by atoms with Crippen LogP contribution < -0.4 is 15.0 Å². The average molecular weight is 401 g/mol. The van der Waals surface area contributed by atoms with Crippen molar-refractivity contribution in [3.05, 3.63) is 52.0 Å². The van der Waals surface area contributed by atoms with Gasteiger partial charge in [-0.3, -0.25) is 4.79 Å². The maximum absolute atomic E-state index is 12.4. The molecule has 0 aromatic heterocycles. The highest BCUT2D eigenvalue weighted by Crippen LogP contribution is 2.37. The quantitative estimate of drug-likeness (QED) is 0.732. The number of fused-ring (bicyclic) bond motifs is 1. The van der Waals surface area contributed by atoms with Gasteiger partial charge in [-0.05, 0) is 50.3 Å². The van der Waals surface area contributed by atoms with Gasteiger partial charge in [0.05, 0.1) is 7.11 Å². The van der Waals surface area contributed by atoms with Crippen LogP contribution in [0.25, 0.3) is 11.6 Å². The summed E-state index contributed by atoms with van der Waals surface area (Å²) in [5, 5.41) is 2.90. The number of methoxy groups -OCH3 is 1. The number of hydrogen-bond donors (Lipinski definition) is 1. The third kappa shape index (κ3) is 3.42. The van der Waals surface area contributed by atoms with Gasteiger partial charge in [0.1, 0.15) is 5.75 Å². The molecule has 0 aliphatic carbocycles. The topological polar surface area (TPSA) is 41.6 Å². The van der Waals surface area contributed by atoms with Gasteiger partial charge < -0.3 is 15.0 Å². The Balaban J connectivity index is 2.04. The van der Waals surface area contributed by atoms with Crippen molar-refractivity contribution in [2.75, 3.05) is 30.4 Å². The Hall–Kier alpha value is -2.27. The Bertz CT molecular complexity index is 842. The zero-order valence-electron chi connectivity index (χ0n) is 14.6. The summed E-state index contributed by atoms with van der Waals surface area (Å²) in [5.41, 5.74) is 4.37. The number of carbonyl (C=O) groups excluding carboxylic acids is 1. The number of benzene rings is 2. The fraction of sp³-hybridized carbons (Fsp3) is 0.250. The lowest BCUT2D eigenvalue weighted by molar-refractivity contribution is -0.110. The van der Waals surface area contributed by atoms with Crippen LogP contribution in [0.1, 0.15) is 25.0 Å². The van der Waals surface area contributed by atoms with E-state index in [4.69, 9.17) is 4.74 Å². The number of amides is 1. The summed E-state index contributed by atoms with van der Waals surface area (Å²) in [6.07, 6.45) is 1.89. The van der Waals surface area contributed by atoms with E-state index in [-0.39, 0.29) is 5.91 Å². The summed E-state index contributed by atoms with van der Waals surface area (Å²) >= 11 is 3.47. The third-order valence-corrected chi connectivity index (χ3v) is 4.90. The first-order valence-corrected chi connectivity index (χ1v) is 9.12. The molecule has 2 aromatic carbocycles. The molecular formula is C20H21BrN2O2. The van der Waals surface area contributed by atoms with E-state index in [1.807, 2.05) is 36.4 Å². The van der Waals surface area contributed by atoms with E-state index in [2.05, 4.69) is 46.1 Å². The molecule has 130 valence electrons. The molecule has 1 heterocycles. The van der Waals surface area contributed by atoms with Crippen LogP contribution in [0.2, 0.25) is 0 Å². The molecule has 0 saturated heterocycles. The molecule has 0 unspecified atom stereocenters. The summed E-state index contributed by atoms with van der Waals surface area (Å²) in [4.78, 5) is 14.6. The number of carbonyl (C=O) groups is 1. The van der Waals surface area contributed by atoms with Gasteiger partial charge in [0, 0.05) is 51.7 Å². The van der Waals surface area contributed by atoms with Crippen molar-refractivity contribution in [3.8, 4) is 5.75 Å². The van der Waals surface area contributed by atoms with Crippen LogP contribution in [0.3, 0.4) is 0 Å². The fourth-order valence-corrected chi connectivity index (χ4v) is 3.42. The Morgan fingerprint density at radius 3 is 2.60 bits per heavy atom. The Morgan fingerprint density at radius 2 is 1.92 bits per heavy atom. The first kappa shape index (κ1) is 17.5. The number of anilines is 2. The molecule has 1 aliphatic rings. The second-order valence-electron chi connectivity index (χ2n) is 5.80. The van der Waals surface area contributed by atoms with Gasteiger partial charge >= 0.3 is 0 Å². The highest BCUT2D eigenvalue weighted by Gasteiger charge is 2.24. The lowest BCUT2D eigenvalue weighted by atomic mass is 10.0. The van der Waals surface area contributed by atoms with Gasteiger partial charge in [0.15, 0.2) is 0 Å². The van der Waals surface area contributed by atoms with Gasteiger partial charge in [-0.15, -0.1) is 0 Å². The minimum Gasteiger partial charge on any atom is -0.496 e. The van der Waals surface area contributed by atoms with Crippen LogP contribution in [0.5, 0.6) is 5.75 Å². The van der Waals surface area contributed by atoms with E-state index in [9.17, 15) is 4.79 Å². The Kier molecular flexibility index (Phi) is 5.13. The molecule has 0 spiro atoms. The summed E-state index contributed by atoms with van der Waals surface area (Å²) in [5.74, 6) is 0.663. The summed E-state index contributed by atoms with van der Waals surface area (Å²) in [6.45, 7) is 6.13. The molecule has 0 saturated carbocycles. The van der Waals surface area contributed by atoms with Gasteiger partial charge in [-0.1, -0.05) is 15.9 Å². The van der Waals surface area contributed by atoms with E-state index < -0.39 is 0 Å². The monoisotopic (exact) mass is 400 g/mol. The Labute approximate surface area is 156 Å². The molecule has 1 amide bonds. The smallest absolute Gasteiger partial charge is 0.256 e. The van der Waals surface area contributed by atoms with E-state index >= 15 is 0 Å². The number of nitrogens with one attached hydrogen (secondary N) is 1. The molecule has 1 N–H and O–H groups in total. The van der Waals surface area contributed by atoms with Crippen molar-refractivity contribution in [2.24, 2.45) is 0 Å². The van der Waals surface area contributed by atoms with Crippen LogP contribution >= 0.6 is 15.9 Å². The highest BCUT2D eigenvalue weighted by atomic mass is 79.9. The van der Waals surface area contributed by atoms with Gasteiger partial charge in [0.25, 0.3) is 5.91 Å². The minimum atomic E-state index is -0.0945. The third-order valence-electron chi connectivity index (χ3n) is 4.41. The lowest BCUT2D eigenvalue weighted by Crippen LogP contribution is -2.21. The van der Waals surface area contributed by atoms with Crippen molar-refractivity contribution in [3.63, 3.8) is 0 Å². The highest BCUT2D eigenvalue weighted by molar-refractivity contribution is 9.10.